The monoisotopic (exact) mass is 575 g/mol. The van der Waals surface area contributed by atoms with Crippen molar-refractivity contribution < 1.29 is 17.7 Å². The topological polar surface area (TPSA) is 132 Å². The van der Waals surface area contributed by atoms with E-state index in [1.807, 2.05) is 29.5 Å². The van der Waals surface area contributed by atoms with Crippen LogP contribution in [0.25, 0.3) is 16.8 Å². The van der Waals surface area contributed by atoms with E-state index in [0.717, 1.165) is 42.1 Å². The number of sulfone groups is 1. The summed E-state index contributed by atoms with van der Waals surface area (Å²) >= 11 is 0. The van der Waals surface area contributed by atoms with Crippen LogP contribution in [-0.2, 0) is 21.1 Å². The van der Waals surface area contributed by atoms with Crippen LogP contribution in [0.3, 0.4) is 0 Å². The zero-order chi connectivity index (χ0) is 28.3. The molecule has 2 fully saturated rings. The number of aromatic amines is 1. The Kier molecular flexibility index (Phi) is 6.44. The van der Waals surface area contributed by atoms with Crippen molar-refractivity contribution in [2.75, 3.05) is 13.2 Å². The van der Waals surface area contributed by atoms with E-state index in [0.29, 0.717) is 49.0 Å². The molecule has 1 aliphatic heterocycles. The van der Waals surface area contributed by atoms with Crippen molar-refractivity contribution in [2.45, 2.75) is 74.5 Å². The summed E-state index contributed by atoms with van der Waals surface area (Å²) < 4.78 is 40.7. The second-order valence-electron chi connectivity index (χ2n) is 11.3. The van der Waals surface area contributed by atoms with Gasteiger partial charge in [0.1, 0.15) is 11.6 Å². The summed E-state index contributed by atoms with van der Waals surface area (Å²) in [6, 6.07) is 11.5. The third kappa shape index (κ3) is 4.36. The number of ether oxygens (including phenoxy) is 1. The lowest BCUT2D eigenvalue weighted by atomic mass is 9.93. The molecule has 214 valence electrons. The Labute approximate surface area is 237 Å². The number of H-pyrrole nitrogens is 1. The summed E-state index contributed by atoms with van der Waals surface area (Å²) in [4.78, 5) is 10.4. The third-order valence-corrected chi connectivity index (χ3v) is 10.6. The fourth-order valence-electron chi connectivity index (χ4n) is 6.61. The lowest BCUT2D eigenvalue weighted by Crippen LogP contribution is -2.52. The predicted octanol–water partition coefficient (Wildman–Crippen LogP) is 4.22. The summed E-state index contributed by atoms with van der Waals surface area (Å²) in [5.74, 6) is 2.03. The van der Waals surface area contributed by atoms with E-state index in [-0.39, 0.29) is 21.5 Å². The fraction of sp³-hybridized carbons (Fsp3) is 0.448. The Balaban J connectivity index is 1.31. The molecule has 0 amide bonds. The van der Waals surface area contributed by atoms with Crippen LogP contribution < -0.4 is 0 Å². The average Bonchev–Trinajstić information content (AvgIpc) is 3.72. The van der Waals surface area contributed by atoms with Crippen molar-refractivity contribution >= 4 is 26.6 Å². The first-order valence-electron chi connectivity index (χ1n) is 14.1. The van der Waals surface area contributed by atoms with Crippen LogP contribution >= 0.6 is 0 Å². The molecule has 7 rings (SSSR count). The van der Waals surface area contributed by atoms with Crippen molar-refractivity contribution in [1.82, 2.24) is 34.6 Å². The molecule has 3 atom stereocenters. The Morgan fingerprint density at radius 2 is 1.93 bits per heavy atom. The summed E-state index contributed by atoms with van der Waals surface area (Å²) in [6.07, 6.45) is 4.63. The number of nitrogens with one attached hydrogen (secondary N) is 1. The SMILES string of the molecule is CC[C@@H]1C[C@H](N(Cc2cc(C)on2)C2COC2)C[C@@H]1c1nnc2c(S(=O)(=O)c3ccccc3C)nc3[nH]ccc3n12. The summed E-state index contributed by atoms with van der Waals surface area (Å²) in [5.41, 5.74) is 3.10. The molecule has 4 aromatic heterocycles. The van der Waals surface area contributed by atoms with Gasteiger partial charge >= 0.3 is 0 Å². The van der Waals surface area contributed by atoms with Crippen LogP contribution in [0.15, 0.2) is 57.0 Å². The van der Waals surface area contributed by atoms with Gasteiger partial charge in [0, 0.05) is 30.8 Å². The van der Waals surface area contributed by atoms with Gasteiger partial charge in [0.25, 0.3) is 0 Å². The van der Waals surface area contributed by atoms with Gasteiger partial charge in [0.05, 0.1) is 35.4 Å². The molecule has 1 saturated carbocycles. The normalized spacial score (nSPS) is 21.8. The Morgan fingerprint density at radius 3 is 2.63 bits per heavy atom. The standard InChI is InChI=1S/C29H33N7O4S/c1-4-19-12-21(35(22-15-39-16-22)14-20-11-18(3)40-34-20)13-23(19)27-32-33-28-29(31-26-24(36(27)28)9-10-30-26)41(37,38)25-8-6-5-7-17(25)2/h5-11,19,21-23,30H,4,12-16H2,1-3H3/t19-,21+,23+/m1/s1. The van der Waals surface area contributed by atoms with E-state index in [2.05, 4.69) is 37.1 Å². The number of aryl methyl sites for hydroxylation is 2. The molecule has 0 bridgehead atoms. The maximum atomic E-state index is 13.9. The Bertz CT molecular complexity index is 1840. The quantitative estimate of drug-likeness (QED) is 0.289. The van der Waals surface area contributed by atoms with Crippen LogP contribution in [-0.4, -0.2) is 68.3 Å². The molecule has 1 saturated heterocycles. The van der Waals surface area contributed by atoms with Crippen LogP contribution in [0.1, 0.15) is 54.9 Å². The van der Waals surface area contributed by atoms with E-state index in [1.165, 1.54) is 0 Å². The summed E-state index contributed by atoms with van der Waals surface area (Å²) in [7, 11) is -3.95. The second kappa shape index (κ2) is 10.0. The molecule has 5 heterocycles. The lowest BCUT2D eigenvalue weighted by molar-refractivity contribution is -0.0834. The Hall–Kier alpha value is -3.61. The molecule has 1 N–H and O–H groups in total. The van der Waals surface area contributed by atoms with Crippen LogP contribution in [0.4, 0.5) is 0 Å². The van der Waals surface area contributed by atoms with Crippen LogP contribution in [0, 0.1) is 19.8 Å². The van der Waals surface area contributed by atoms with E-state index in [1.54, 1.807) is 31.3 Å². The Morgan fingerprint density at radius 1 is 1.10 bits per heavy atom. The first-order chi connectivity index (χ1) is 19.8. The number of hydrogen-bond acceptors (Lipinski definition) is 9. The predicted molar refractivity (Wildman–Crippen MR) is 150 cm³/mol. The van der Waals surface area contributed by atoms with Crippen LogP contribution in [0.5, 0.6) is 0 Å². The third-order valence-electron chi connectivity index (χ3n) is 8.78. The van der Waals surface area contributed by atoms with Gasteiger partial charge in [-0.1, -0.05) is 36.7 Å². The van der Waals surface area contributed by atoms with E-state index in [4.69, 9.17) is 9.26 Å². The zero-order valence-corrected chi connectivity index (χ0v) is 24.1. The average molecular weight is 576 g/mol. The minimum Gasteiger partial charge on any atom is -0.378 e. The lowest BCUT2D eigenvalue weighted by Gasteiger charge is -2.40. The van der Waals surface area contributed by atoms with Gasteiger partial charge in [-0.2, -0.15) is 0 Å². The molecule has 0 radical (unpaired) electrons. The van der Waals surface area contributed by atoms with Crippen molar-refractivity contribution in [2.24, 2.45) is 5.92 Å². The van der Waals surface area contributed by atoms with Gasteiger partial charge in [-0.25, -0.2) is 13.4 Å². The molecular formula is C29H33N7O4S. The number of aromatic nitrogens is 6. The molecule has 41 heavy (non-hydrogen) atoms. The molecule has 0 spiro atoms. The molecule has 2 aliphatic rings. The van der Waals surface area contributed by atoms with Gasteiger partial charge < -0.3 is 14.2 Å². The molecule has 5 aromatic rings. The van der Waals surface area contributed by atoms with Gasteiger partial charge in [0.2, 0.25) is 14.9 Å². The van der Waals surface area contributed by atoms with Crippen molar-refractivity contribution in [3.8, 4) is 0 Å². The highest BCUT2D eigenvalue weighted by Crippen LogP contribution is 2.45. The first-order valence-corrected chi connectivity index (χ1v) is 15.6. The minimum atomic E-state index is -3.95. The largest absolute Gasteiger partial charge is 0.378 e. The van der Waals surface area contributed by atoms with Crippen molar-refractivity contribution in [1.29, 1.82) is 0 Å². The highest BCUT2D eigenvalue weighted by Gasteiger charge is 2.43. The maximum Gasteiger partial charge on any atom is 0.228 e. The summed E-state index contributed by atoms with van der Waals surface area (Å²) in [6.45, 7) is 8.02. The molecule has 11 nitrogen and oxygen atoms in total. The molecule has 12 heteroatoms. The highest BCUT2D eigenvalue weighted by atomic mass is 32.2. The number of benzene rings is 1. The zero-order valence-electron chi connectivity index (χ0n) is 23.3. The van der Waals surface area contributed by atoms with E-state index in [9.17, 15) is 8.42 Å². The highest BCUT2D eigenvalue weighted by molar-refractivity contribution is 7.91. The number of fused-ring (bicyclic) bond motifs is 3. The van der Waals surface area contributed by atoms with Gasteiger partial charge in [-0.15, -0.1) is 10.2 Å². The molecule has 0 unspecified atom stereocenters. The summed E-state index contributed by atoms with van der Waals surface area (Å²) in [5, 5.41) is 13.3. The number of nitrogens with zero attached hydrogens (tertiary/aromatic N) is 6. The maximum absolute atomic E-state index is 13.9. The number of rotatable bonds is 8. The van der Waals surface area contributed by atoms with E-state index < -0.39 is 9.84 Å². The number of hydrogen-bond donors (Lipinski definition) is 1. The molecular weight excluding hydrogens is 542 g/mol. The second-order valence-corrected chi connectivity index (χ2v) is 13.1. The minimum absolute atomic E-state index is 0.0854. The van der Waals surface area contributed by atoms with Gasteiger partial charge in [0.15, 0.2) is 11.3 Å². The van der Waals surface area contributed by atoms with E-state index >= 15 is 0 Å². The van der Waals surface area contributed by atoms with Crippen LogP contribution in [0.2, 0.25) is 0 Å². The smallest absolute Gasteiger partial charge is 0.228 e. The first kappa shape index (κ1) is 26.3. The van der Waals surface area contributed by atoms with Crippen molar-refractivity contribution in [3.63, 3.8) is 0 Å². The fourth-order valence-corrected chi connectivity index (χ4v) is 8.15. The molecule has 1 aromatic carbocycles. The van der Waals surface area contributed by atoms with Crippen molar-refractivity contribution in [3.05, 3.63) is 65.4 Å². The van der Waals surface area contributed by atoms with Gasteiger partial charge in [-0.05, 0) is 50.3 Å². The molecule has 1 aliphatic carbocycles. The van der Waals surface area contributed by atoms with Gasteiger partial charge in [-0.3, -0.25) is 9.30 Å².